The molecule has 0 aliphatic heterocycles. The number of halogens is 2. The number of benzene rings is 1. The summed E-state index contributed by atoms with van der Waals surface area (Å²) in [7, 11) is 0. The van der Waals surface area contributed by atoms with Crippen LogP contribution in [0, 0.1) is 5.82 Å². The molecule has 0 spiro atoms. The number of rotatable bonds is 6. The van der Waals surface area contributed by atoms with Crippen molar-refractivity contribution in [3.8, 4) is 0 Å². The van der Waals surface area contributed by atoms with Crippen LogP contribution in [-0.2, 0) is 11.2 Å². The molecule has 1 aromatic carbocycles. The molecule has 0 amide bonds. The fourth-order valence-electron chi connectivity index (χ4n) is 1.72. The van der Waals surface area contributed by atoms with Crippen LogP contribution in [0.15, 0.2) is 22.7 Å². The first-order valence-corrected chi connectivity index (χ1v) is 6.38. The van der Waals surface area contributed by atoms with E-state index in [0.717, 1.165) is 10.0 Å². The van der Waals surface area contributed by atoms with Crippen LogP contribution in [0.1, 0.15) is 19.4 Å². The zero-order chi connectivity index (χ0) is 12.8. The van der Waals surface area contributed by atoms with Gasteiger partial charge in [-0.25, -0.2) is 4.39 Å². The molecule has 1 rings (SSSR count). The number of hydrogen-bond donors (Lipinski definition) is 2. The molecule has 17 heavy (non-hydrogen) atoms. The molecule has 3 N–H and O–H groups in total. The van der Waals surface area contributed by atoms with E-state index in [4.69, 9.17) is 10.6 Å². The van der Waals surface area contributed by atoms with Gasteiger partial charge in [-0.15, -0.1) is 0 Å². The smallest absolute Gasteiger partial charge is 0.124 e. The normalized spacial score (nSPS) is 14.6. The van der Waals surface area contributed by atoms with Crippen molar-refractivity contribution in [2.75, 3.05) is 6.61 Å². The SMILES string of the molecule is CCOC(C)C(Cc1cc(F)cc(Br)c1)NN. The monoisotopic (exact) mass is 304 g/mol. The zero-order valence-corrected chi connectivity index (χ0v) is 11.6. The Kier molecular flexibility index (Phi) is 6.05. The Morgan fingerprint density at radius 1 is 1.47 bits per heavy atom. The molecule has 0 aliphatic rings. The van der Waals surface area contributed by atoms with Gasteiger partial charge < -0.3 is 4.74 Å². The van der Waals surface area contributed by atoms with Gasteiger partial charge >= 0.3 is 0 Å². The van der Waals surface area contributed by atoms with Gasteiger partial charge in [0, 0.05) is 11.1 Å². The van der Waals surface area contributed by atoms with Crippen molar-refractivity contribution in [3.05, 3.63) is 34.1 Å². The number of hydrazine groups is 1. The van der Waals surface area contributed by atoms with Crippen molar-refractivity contribution in [2.24, 2.45) is 5.84 Å². The molecule has 1 aromatic rings. The fraction of sp³-hybridized carbons (Fsp3) is 0.500. The Hall–Kier alpha value is -0.490. The molecule has 5 heteroatoms. The van der Waals surface area contributed by atoms with Gasteiger partial charge in [0.2, 0.25) is 0 Å². The molecule has 0 heterocycles. The van der Waals surface area contributed by atoms with Crippen LogP contribution in [-0.4, -0.2) is 18.8 Å². The van der Waals surface area contributed by atoms with Crippen molar-refractivity contribution in [2.45, 2.75) is 32.4 Å². The van der Waals surface area contributed by atoms with Gasteiger partial charge in [0.05, 0.1) is 12.1 Å². The van der Waals surface area contributed by atoms with Gasteiger partial charge in [0.1, 0.15) is 5.82 Å². The summed E-state index contributed by atoms with van der Waals surface area (Å²) in [5, 5.41) is 0. The first-order chi connectivity index (χ1) is 8.06. The van der Waals surface area contributed by atoms with E-state index in [2.05, 4.69) is 21.4 Å². The van der Waals surface area contributed by atoms with Crippen molar-refractivity contribution >= 4 is 15.9 Å². The van der Waals surface area contributed by atoms with E-state index in [-0.39, 0.29) is 18.0 Å². The summed E-state index contributed by atoms with van der Waals surface area (Å²) >= 11 is 3.27. The Balaban J connectivity index is 2.73. The predicted octanol–water partition coefficient (Wildman–Crippen LogP) is 2.39. The summed E-state index contributed by atoms with van der Waals surface area (Å²) < 4.78 is 19.4. The second-order valence-corrected chi connectivity index (χ2v) is 4.83. The highest BCUT2D eigenvalue weighted by Gasteiger charge is 2.17. The maximum absolute atomic E-state index is 13.2. The molecule has 96 valence electrons. The van der Waals surface area contributed by atoms with Crippen LogP contribution in [0.3, 0.4) is 0 Å². The average Bonchev–Trinajstić information content (AvgIpc) is 2.24. The van der Waals surface area contributed by atoms with E-state index >= 15 is 0 Å². The van der Waals surface area contributed by atoms with E-state index in [1.54, 1.807) is 0 Å². The van der Waals surface area contributed by atoms with Gasteiger partial charge in [-0.2, -0.15) is 0 Å². The van der Waals surface area contributed by atoms with Gasteiger partial charge in [-0.3, -0.25) is 11.3 Å². The molecular formula is C12H18BrFN2O. The number of ether oxygens (including phenoxy) is 1. The predicted molar refractivity (Wildman–Crippen MR) is 70.0 cm³/mol. The van der Waals surface area contributed by atoms with Crippen molar-refractivity contribution in [3.63, 3.8) is 0 Å². The van der Waals surface area contributed by atoms with E-state index in [0.29, 0.717) is 13.0 Å². The third-order valence-corrected chi connectivity index (χ3v) is 3.05. The molecule has 3 nitrogen and oxygen atoms in total. The standard InChI is InChI=1S/C12H18BrFN2O/c1-3-17-8(2)12(16-15)6-9-4-10(13)7-11(14)5-9/h4-5,7-8,12,16H,3,6,15H2,1-2H3. The minimum Gasteiger partial charge on any atom is -0.377 e. The maximum atomic E-state index is 13.2. The summed E-state index contributed by atoms with van der Waals surface area (Å²) in [6, 6.07) is 4.78. The lowest BCUT2D eigenvalue weighted by Crippen LogP contribution is -2.45. The van der Waals surface area contributed by atoms with E-state index in [1.807, 2.05) is 19.9 Å². The maximum Gasteiger partial charge on any atom is 0.124 e. The molecular weight excluding hydrogens is 287 g/mol. The van der Waals surface area contributed by atoms with Gasteiger partial charge in [0.25, 0.3) is 0 Å². The van der Waals surface area contributed by atoms with Crippen LogP contribution < -0.4 is 11.3 Å². The van der Waals surface area contributed by atoms with Crippen LogP contribution >= 0.6 is 15.9 Å². The topological polar surface area (TPSA) is 47.3 Å². The van der Waals surface area contributed by atoms with Gasteiger partial charge in [-0.1, -0.05) is 15.9 Å². The Labute approximate surface area is 110 Å². The molecule has 0 saturated heterocycles. The van der Waals surface area contributed by atoms with Crippen molar-refractivity contribution in [1.82, 2.24) is 5.43 Å². The van der Waals surface area contributed by atoms with Gasteiger partial charge in [0.15, 0.2) is 0 Å². The molecule has 0 aliphatic carbocycles. The Bertz CT molecular complexity index is 342. The lowest BCUT2D eigenvalue weighted by molar-refractivity contribution is 0.0476. The first-order valence-electron chi connectivity index (χ1n) is 5.59. The largest absolute Gasteiger partial charge is 0.377 e. The summed E-state index contributed by atoms with van der Waals surface area (Å²) in [4.78, 5) is 0. The lowest BCUT2D eigenvalue weighted by atomic mass is 10.0. The molecule has 0 fully saturated rings. The minimum atomic E-state index is -0.255. The fourth-order valence-corrected chi connectivity index (χ4v) is 2.23. The molecule has 0 radical (unpaired) electrons. The Morgan fingerprint density at radius 3 is 2.71 bits per heavy atom. The van der Waals surface area contributed by atoms with E-state index < -0.39 is 0 Å². The van der Waals surface area contributed by atoms with Crippen LogP contribution in [0.25, 0.3) is 0 Å². The van der Waals surface area contributed by atoms with E-state index in [1.165, 1.54) is 12.1 Å². The number of nitrogens with one attached hydrogen (secondary N) is 1. The van der Waals surface area contributed by atoms with Crippen LogP contribution in [0.5, 0.6) is 0 Å². The van der Waals surface area contributed by atoms with Crippen LogP contribution in [0.4, 0.5) is 4.39 Å². The Morgan fingerprint density at radius 2 is 2.18 bits per heavy atom. The van der Waals surface area contributed by atoms with Gasteiger partial charge in [-0.05, 0) is 44.0 Å². The van der Waals surface area contributed by atoms with E-state index in [9.17, 15) is 4.39 Å². The third kappa shape index (κ3) is 4.71. The van der Waals surface area contributed by atoms with Crippen molar-refractivity contribution in [1.29, 1.82) is 0 Å². The summed E-state index contributed by atoms with van der Waals surface area (Å²) in [6.45, 7) is 4.51. The second kappa shape index (κ2) is 7.06. The third-order valence-electron chi connectivity index (χ3n) is 2.59. The lowest BCUT2D eigenvalue weighted by Gasteiger charge is -2.23. The molecule has 2 unspecified atom stereocenters. The summed E-state index contributed by atoms with van der Waals surface area (Å²) in [5.41, 5.74) is 3.59. The first kappa shape index (κ1) is 14.6. The zero-order valence-electron chi connectivity index (χ0n) is 10.0. The summed E-state index contributed by atoms with van der Waals surface area (Å²) in [5.74, 6) is 5.24. The molecule has 2 atom stereocenters. The number of hydrogen-bond acceptors (Lipinski definition) is 3. The quantitative estimate of drug-likeness (QED) is 0.627. The highest BCUT2D eigenvalue weighted by Crippen LogP contribution is 2.17. The molecule has 0 saturated carbocycles. The van der Waals surface area contributed by atoms with Crippen molar-refractivity contribution < 1.29 is 9.13 Å². The summed E-state index contributed by atoms with van der Waals surface area (Å²) in [6.07, 6.45) is 0.598. The molecule has 0 aromatic heterocycles. The number of nitrogens with two attached hydrogens (primary N) is 1. The minimum absolute atomic E-state index is 0.0213. The molecule has 0 bridgehead atoms. The average molecular weight is 305 g/mol. The highest BCUT2D eigenvalue weighted by atomic mass is 79.9. The highest BCUT2D eigenvalue weighted by molar-refractivity contribution is 9.10. The van der Waals surface area contributed by atoms with Crippen LogP contribution in [0.2, 0.25) is 0 Å². The second-order valence-electron chi connectivity index (χ2n) is 3.92.